The zero-order chi connectivity index (χ0) is 14.8. The maximum atomic E-state index is 2.50. The zero-order valence-electron chi connectivity index (χ0n) is 14.8. The Morgan fingerprint density at radius 3 is 2.11 bits per heavy atom. The van der Waals surface area contributed by atoms with E-state index in [0.717, 1.165) is 35.5 Å². The van der Waals surface area contributed by atoms with E-state index in [1.165, 1.54) is 25.7 Å². The van der Waals surface area contributed by atoms with Crippen LogP contribution in [0, 0.1) is 40.9 Å². The second-order valence-corrected chi connectivity index (χ2v) is 8.53. The van der Waals surface area contributed by atoms with Gasteiger partial charge in [0.2, 0.25) is 0 Å². The third-order valence-corrected chi connectivity index (χ3v) is 6.42. The molecule has 0 amide bonds. The highest BCUT2D eigenvalue weighted by molar-refractivity contribution is 4.92. The van der Waals surface area contributed by atoms with Gasteiger partial charge >= 0.3 is 0 Å². The van der Waals surface area contributed by atoms with E-state index in [2.05, 4.69) is 55.4 Å². The smallest absolute Gasteiger partial charge is 0.0329 e. The first-order valence-electron chi connectivity index (χ1n) is 8.70. The van der Waals surface area contributed by atoms with Crippen molar-refractivity contribution in [1.82, 2.24) is 0 Å². The first-order chi connectivity index (χ1) is 8.70. The van der Waals surface area contributed by atoms with Crippen LogP contribution in [0.3, 0.4) is 0 Å². The second-order valence-electron chi connectivity index (χ2n) is 8.53. The van der Waals surface area contributed by atoms with Gasteiger partial charge < -0.3 is 0 Å². The fourth-order valence-corrected chi connectivity index (χ4v) is 4.37. The molecule has 0 aromatic carbocycles. The highest BCUT2D eigenvalue weighted by Crippen LogP contribution is 2.51. The normalized spacial score (nSPS) is 31.1. The fourth-order valence-electron chi connectivity index (χ4n) is 4.37. The molecule has 5 unspecified atom stereocenters. The molecule has 0 bridgehead atoms. The van der Waals surface area contributed by atoms with Gasteiger partial charge in [-0.25, -0.2) is 0 Å². The summed E-state index contributed by atoms with van der Waals surface area (Å²) >= 11 is 0. The maximum Gasteiger partial charge on any atom is -0.0329 e. The predicted octanol–water partition coefficient (Wildman–Crippen LogP) is 6.40. The van der Waals surface area contributed by atoms with Crippen molar-refractivity contribution in [3.63, 3.8) is 0 Å². The molecule has 0 heterocycles. The van der Waals surface area contributed by atoms with E-state index in [0.29, 0.717) is 5.41 Å². The lowest BCUT2D eigenvalue weighted by molar-refractivity contribution is -0.00906. The van der Waals surface area contributed by atoms with Crippen LogP contribution in [-0.4, -0.2) is 0 Å². The third kappa shape index (κ3) is 3.99. The summed E-state index contributed by atoms with van der Waals surface area (Å²) in [6.45, 7) is 19.5. The molecule has 0 aromatic rings. The number of hydrogen-bond donors (Lipinski definition) is 0. The van der Waals surface area contributed by atoms with Crippen molar-refractivity contribution in [2.45, 2.75) is 81.1 Å². The first-order valence-corrected chi connectivity index (χ1v) is 8.70. The van der Waals surface area contributed by atoms with E-state index < -0.39 is 0 Å². The molecule has 0 nitrogen and oxygen atoms in total. The fraction of sp³-hybridized carbons (Fsp3) is 1.00. The Balaban J connectivity index is 2.58. The van der Waals surface area contributed by atoms with Gasteiger partial charge in [-0.05, 0) is 60.2 Å². The lowest BCUT2D eigenvalue weighted by Crippen LogP contribution is -2.42. The minimum atomic E-state index is 0.527. The molecule has 114 valence electrons. The molecule has 1 fully saturated rings. The SMILES string of the molecule is CCCC(C)(C)C(C)CC1CC(C)C1C(C)C(C)C. The van der Waals surface area contributed by atoms with Gasteiger partial charge in [-0.1, -0.05) is 61.8 Å². The molecule has 1 aliphatic carbocycles. The van der Waals surface area contributed by atoms with Gasteiger partial charge in [0.15, 0.2) is 0 Å². The highest BCUT2D eigenvalue weighted by atomic mass is 14.5. The Hall–Kier alpha value is 0. The van der Waals surface area contributed by atoms with Crippen LogP contribution in [0.4, 0.5) is 0 Å². The van der Waals surface area contributed by atoms with E-state index >= 15 is 0 Å². The molecule has 0 N–H and O–H groups in total. The van der Waals surface area contributed by atoms with Crippen molar-refractivity contribution in [1.29, 1.82) is 0 Å². The largest absolute Gasteiger partial charge is 0.0654 e. The topological polar surface area (TPSA) is 0 Å². The Bertz CT molecular complexity index is 263. The molecule has 19 heavy (non-hydrogen) atoms. The van der Waals surface area contributed by atoms with Gasteiger partial charge in [0.05, 0.1) is 0 Å². The lowest BCUT2D eigenvalue weighted by Gasteiger charge is -2.50. The minimum absolute atomic E-state index is 0.527. The molecule has 0 saturated heterocycles. The van der Waals surface area contributed by atoms with Gasteiger partial charge in [-0.2, -0.15) is 0 Å². The molecule has 1 saturated carbocycles. The van der Waals surface area contributed by atoms with Gasteiger partial charge in [0, 0.05) is 0 Å². The number of hydrogen-bond acceptors (Lipinski definition) is 0. The van der Waals surface area contributed by atoms with E-state index in [1.54, 1.807) is 0 Å². The summed E-state index contributed by atoms with van der Waals surface area (Å²) in [5.41, 5.74) is 0.527. The van der Waals surface area contributed by atoms with Crippen LogP contribution in [0.2, 0.25) is 0 Å². The van der Waals surface area contributed by atoms with Crippen molar-refractivity contribution in [3.05, 3.63) is 0 Å². The summed E-state index contributed by atoms with van der Waals surface area (Å²) in [5, 5.41) is 0. The highest BCUT2D eigenvalue weighted by Gasteiger charge is 2.43. The first kappa shape index (κ1) is 17.1. The summed E-state index contributed by atoms with van der Waals surface area (Å²) in [7, 11) is 0. The number of rotatable bonds is 7. The molecule has 1 rings (SSSR count). The molecular weight excluding hydrogens is 228 g/mol. The maximum absolute atomic E-state index is 2.50. The standard InChI is InChI=1S/C19H38/c1-9-10-19(7,8)15(5)12-17-11-14(4)18(17)16(6)13(2)3/h13-18H,9-12H2,1-8H3. The van der Waals surface area contributed by atoms with Crippen LogP contribution in [0.15, 0.2) is 0 Å². The van der Waals surface area contributed by atoms with E-state index in [9.17, 15) is 0 Å². The zero-order valence-corrected chi connectivity index (χ0v) is 14.8. The van der Waals surface area contributed by atoms with Gasteiger partial charge in [-0.15, -0.1) is 0 Å². The van der Waals surface area contributed by atoms with Crippen LogP contribution in [0.5, 0.6) is 0 Å². The van der Waals surface area contributed by atoms with Crippen molar-refractivity contribution >= 4 is 0 Å². The molecule has 0 spiro atoms. The Kier molecular flexibility index (Phi) is 5.96. The van der Waals surface area contributed by atoms with Crippen molar-refractivity contribution < 1.29 is 0 Å². The second kappa shape index (κ2) is 6.64. The molecule has 1 aliphatic rings. The summed E-state index contributed by atoms with van der Waals surface area (Å²) in [6, 6.07) is 0. The molecule has 0 aromatic heterocycles. The summed E-state index contributed by atoms with van der Waals surface area (Å²) in [6.07, 6.45) is 5.64. The summed E-state index contributed by atoms with van der Waals surface area (Å²) < 4.78 is 0. The average molecular weight is 267 g/mol. The predicted molar refractivity (Wildman–Crippen MR) is 87.2 cm³/mol. The van der Waals surface area contributed by atoms with E-state index in [-0.39, 0.29) is 0 Å². The van der Waals surface area contributed by atoms with Crippen LogP contribution in [0.25, 0.3) is 0 Å². The Morgan fingerprint density at radius 2 is 1.68 bits per heavy atom. The van der Waals surface area contributed by atoms with Gasteiger partial charge in [0.25, 0.3) is 0 Å². The summed E-state index contributed by atoms with van der Waals surface area (Å²) in [5.74, 6) is 5.55. The van der Waals surface area contributed by atoms with E-state index in [1.807, 2.05) is 0 Å². The third-order valence-electron chi connectivity index (χ3n) is 6.42. The summed E-state index contributed by atoms with van der Waals surface area (Å²) in [4.78, 5) is 0. The average Bonchev–Trinajstić information content (AvgIpc) is 2.27. The molecule has 0 heteroatoms. The monoisotopic (exact) mass is 266 g/mol. The van der Waals surface area contributed by atoms with Gasteiger partial charge in [0.1, 0.15) is 0 Å². The van der Waals surface area contributed by atoms with Crippen molar-refractivity contribution in [2.75, 3.05) is 0 Å². The molecule has 0 radical (unpaired) electrons. The van der Waals surface area contributed by atoms with E-state index in [4.69, 9.17) is 0 Å². The van der Waals surface area contributed by atoms with Crippen LogP contribution in [0.1, 0.15) is 81.1 Å². The van der Waals surface area contributed by atoms with Crippen LogP contribution >= 0.6 is 0 Å². The van der Waals surface area contributed by atoms with Gasteiger partial charge in [-0.3, -0.25) is 0 Å². The quantitative estimate of drug-likeness (QED) is 0.500. The van der Waals surface area contributed by atoms with Crippen LogP contribution < -0.4 is 0 Å². The Morgan fingerprint density at radius 1 is 1.11 bits per heavy atom. The Labute approximate surface area is 122 Å². The minimum Gasteiger partial charge on any atom is -0.0654 e. The van der Waals surface area contributed by atoms with Crippen molar-refractivity contribution in [3.8, 4) is 0 Å². The molecule has 5 atom stereocenters. The molecular formula is C19H38. The van der Waals surface area contributed by atoms with Crippen molar-refractivity contribution in [2.24, 2.45) is 40.9 Å². The lowest BCUT2D eigenvalue weighted by atomic mass is 9.55. The van der Waals surface area contributed by atoms with Crippen LogP contribution in [-0.2, 0) is 0 Å². The molecule has 0 aliphatic heterocycles.